The number of rotatable bonds is 5. The molecule has 1 aromatic heterocycles. The Morgan fingerprint density at radius 2 is 1.96 bits per heavy atom. The van der Waals surface area contributed by atoms with Crippen LogP contribution in [0.1, 0.15) is 44.0 Å². The summed E-state index contributed by atoms with van der Waals surface area (Å²) < 4.78 is 7.41. The fourth-order valence-corrected chi connectivity index (χ4v) is 3.18. The van der Waals surface area contributed by atoms with E-state index in [2.05, 4.69) is 6.07 Å². The maximum atomic E-state index is 13.3. The van der Waals surface area contributed by atoms with Gasteiger partial charge in [0.25, 0.3) is 5.56 Å². The molecule has 1 aliphatic rings. The third-order valence-corrected chi connectivity index (χ3v) is 4.93. The lowest BCUT2D eigenvalue weighted by Gasteiger charge is -2.18. The monoisotopic (exact) mass is 375 g/mol. The molecular formula is C22H21N3O3. The SMILES string of the molecule is CC(C)c1nc2c(OCC3CC3)c(O)ccc2c(=O)n1-c1ccc(C#N)cc1. The minimum absolute atomic E-state index is 0.00845. The Hall–Kier alpha value is -3.33. The van der Waals surface area contributed by atoms with Crippen molar-refractivity contribution in [3.8, 4) is 23.3 Å². The summed E-state index contributed by atoms with van der Waals surface area (Å²) in [5, 5.41) is 19.7. The number of hydrogen-bond acceptors (Lipinski definition) is 5. The van der Waals surface area contributed by atoms with E-state index >= 15 is 0 Å². The molecule has 2 aromatic carbocycles. The highest BCUT2D eigenvalue weighted by molar-refractivity contribution is 5.86. The van der Waals surface area contributed by atoms with Crippen LogP contribution in [0, 0.1) is 17.2 Å². The Morgan fingerprint density at radius 1 is 1.25 bits per heavy atom. The van der Waals surface area contributed by atoms with Crippen LogP contribution in [-0.2, 0) is 0 Å². The molecule has 1 N–H and O–H groups in total. The number of benzene rings is 2. The topological polar surface area (TPSA) is 88.1 Å². The number of hydrogen-bond donors (Lipinski definition) is 1. The van der Waals surface area contributed by atoms with Gasteiger partial charge in [-0.05, 0) is 55.2 Å². The van der Waals surface area contributed by atoms with Crippen molar-refractivity contribution in [1.29, 1.82) is 5.26 Å². The van der Waals surface area contributed by atoms with Crippen LogP contribution in [0.25, 0.3) is 16.6 Å². The van der Waals surface area contributed by atoms with Crippen LogP contribution in [0.2, 0.25) is 0 Å². The molecule has 1 heterocycles. The van der Waals surface area contributed by atoms with Crippen LogP contribution in [0.15, 0.2) is 41.2 Å². The van der Waals surface area contributed by atoms with Crippen LogP contribution in [0.4, 0.5) is 0 Å². The van der Waals surface area contributed by atoms with Crippen molar-refractivity contribution in [3.63, 3.8) is 0 Å². The Balaban J connectivity index is 1.94. The quantitative estimate of drug-likeness (QED) is 0.731. The summed E-state index contributed by atoms with van der Waals surface area (Å²) in [5.74, 6) is 1.31. The molecule has 0 unspecified atom stereocenters. The summed E-state index contributed by atoms with van der Waals surface area (Å²) in [6.45, 7) is 4.44. The number of nitrogens with zero attached hydrogens (tertiary/aromatic N) is 3. The third kappa shape index (κ3) is 3.20. The molecule has 1 aliphatic carbocycles. The standard InChI is InChI=1S/C22H21N3O3/c1-13(2)21-24-19-17(9-10-18(26)20(19)28-12-15-3-4-15)22(27)25(21)16-7-5-14(11-23)6-8-16/h5-10,13,15,26H,3-4,12H2,1-2H3. The average molecular weight is 375 g/mol. The highest BCUT2D eigenvalue weighted by Gasteiger charge is 2.24. The first-order chi connectivity index (χ1) is 13.5. The molecule has 1 fully saturated rings. The van der Waals surface area contributed by atoms with Crippen molar-refractivity contribution < 1.29 is 9.84 Å². The van der Waals surface area contributed by atoms with Gasteiger partial charge in [0.15, 0.2) is 11.5 Å². The largest absolute Gasteiger partial charge is 0.504 e. The predicted octanol–water partition coefficient (Wildman–Crippen LogP) is 3.88. The summed E-state index contributed by atoms with van der Waals surface area (Å²) in [6.07, 6.45) is 2.25. The van der Waals surface area contributed by atoms with E-state index in [1.807, 2.05) is 13.8 Å². The van der Waals surface area contributed by atoms with Gasteiger partial charge in [0.05, 0.1) is 29.3 Å². The van der Waals surface area contributed by atoms with Gasteiger partial charge in [0.2, 0.25) is 0 Å². The number of fused-ring (bicyclic) bond motifs is 1. The molecule has 0 saturated heterocycles. The molecule has 0 bridgehead atoms. The molecule has 0 spiro atoms. The van der Waals surface area contributed by atoms with Crippen molar-refractivity contribution in [3.05, 3.63) is 58.1 Å². The maximum absolute atomic E-state index is 13.3. The molecule has 6 heteroatoms. The highest BCUT2D eigenvalue weighted by Crippen LogP contribution is 2.36. The lowest BCUT2D eigenvalue weighted by Crippen LogP contribution is -2.25. The Bertz CT molecular complexity index is 1140. The van der Waals surface area contributed by atoms with Crippen molar-refractivity contribution in [2.45, 2.75) is 32.6 Å². The molecule has 0 amide bonds. The van der Waals surface area contributed by atoms with Gasteiger partial charge in [-0.3, -0.25) is 9.36 Å². The van der Waals surface area contributed by atoms with Crippen molar-refractivity contribution in [1.82, 2.24) is 9.55 Å². The first kappa shape index (κ1) is 18.1. The molecule has 28 heavy (non-hydrogen) atoms. The average Bonchev–Trinajstić information content (AvgIpc) is 3.51. The first-order valence-corrected chi connectivity index (χ1v) is 9.41. The molecule has 142 valence electrons. The zero-order chi connectivity index (χ0) is 19.8. The van der Waals surface area contributed by atoms with E-state index in [9.17, 15) is 9.90 Å². The zero-order valence-corrected chi connectivity index (χ0v) is 15.8. The molecule has 0 radical (unpaired) electrons. The molecule has 1 saturated carbocycles. The summed E-state index contributed by atoms with van der Waals surface area (Å²) in [7, 11) is 0. The van der Waals surface area contributed by atoms with Gasteiger partial charge < -0.3 is 9.84 Å². The summed E-state index contributed by atoms with van der Waals surface area (Å²) in [6, 6.07) is 12.0. The molecule has 0 atom stereocenters. The van der Waals surface area contributed by atoms with E-state index in [0.29, 0.717) is 40.5 Å². The molecule has 0 aliphatic heterocycles. The summed E-state index contributed by atoms with van der Waals surface area (Å²) in [4.78, 5) is 18.1. The van der Waals surface area contributed by atoms with Gasteiger partial charge in [-0.2, -0.15) is 5.26 Å². The van der Waals surface area contributed by atoms with E-state index in [1.165, 1.54) is 6.07 Å². The first-order valence-electron chi connectivity index (χ1n) is 9.41. The van der Waals surface area contributed by atoms with Gasteiger partial charge in [-0.15, -0.1) is 0 Å². The van der Waals surface area contributed by atoms with Gasteiger partial charge >= 0.3 is 0 Å². The second kappa shape index (κ2) is 7.01. The Labute approximate surface area is 162 Å². The lowest BCUT2D eigenvalue weighted by molar-refractivity contribution is 0.287. The van der Waals surface area contributed by atoms with Crippen LogP contribution in [-0.4, -0.2) is 21.3 Å². The second-order valence-corrected chi connectivity index (χ2v) is 7.49. The van der Waals surface area contributed by atoms with Crippen molar-refractivity contribution in [2.24, 2.45) is 5.92 Å². The molecule has 6 nitrogen and oxygen atoms in total. The number of ether oxygens (including phenoxy) is 1. The summed E-state index contributed by atoms with van der Waals surface area (Å²) >= 11 is 0. The highest BCUT2D eigenvalue weighted by atomic mass is 16.5. The summed E-state index contributed by atoms with van der Waals surface area (Å²) in [5.41, 5.74) is 1.34. The van der Waals surface area contributed by atoms with Gasteiger partial charge in [0, 0.05) is 5.92 Å². The van der Waals surface area contributed by atoms with Gasteiger partial charge in [0.1, 0.15) is 11.3 Å². The molecular weight excluding hydrogens is 354 g/mol. The predicted molar refractivity (Wildman–Crippen MR) is 106 cm³/mol. The maximum Gasteiger partial charge on any atom is 0.266 e. The Kier molecular flexibility index (Phi) is 4.52. The molecule has 3 aromatic rings. The van der Waals surface area contributed by atoms with E-state index in [0.717, 1.165) is 12.8 Å². The number of phenols is 1. The minimum Gasteiger partial charge on any atom is -0.504 e. The molecule has 4 rings (SSSR count). The minimum atomic E-state index is -0.227. The number of nitriles is 1. The fraction of sp³-hybridized carbons (Fsp3) is 0.318. The number of phenolic OH excluding ortho intramolecular Hbond substituents is 1. The van der Waals surface area contributed by atoms with E-state index in [4.69, 9.17) is 15.0 Å². The van der Waals surface area contributed by atoms with Crippen molar-refractivity contribution in [2.75, 3.05) is 6.61 Å². The third-order valence-electron chi connectivity index (χ3n) is 4.93. The zero-order valence-electron chi connectivity index (χ0n) is 15.8. The van der Waals surface area contributed by atoms with E-state index in [-0.39, 0.29) is 23.0 Å². The van der Waals surface area contributed by atoms with E-state index in [1.54, 1.807) is 34.9 Å². The van der Waals surface area contributed by atoms with Gasteiger partial charge in [-0.1, -0.05) is 13.8 Å². The second-order valence-electron chi connectivity index (χ2n) is 7.49. The normalized spacial score (nSPS) is 13.6. The van der Waals surface area contributed by atoms with E-state index < -0.39 is 0 Å². The van der Waals surface area contributed by atoms with Gasteiger partial charge in [-0.25, -0.2) is 4.98 Å². The van der Waals surface area contributed by atoms with Crippen LogP contribution in [0.3, 0.4) is 0 Å². The smallest absolute Gasteiger partial charge is 0.266 e. The number of aromatic nitrogens is 2. The van der Waals surface area contributed by atoms with Crippen LogP contribution >= 0.6 is 0 Å². The lowest BCUT2D eigenvalue weighted by atomic mass is 10.1. The Morgan fingerprint density at radius 3 is 2.57 bits per heavy atom. The van der Waals surface area contributed by atoms with Crippen LogP contribution < -0.4 is 10.3 Å². The fourth-order valence-electron chi connectivity index (χ4n) is 3.18. The van der Waals surface area contributed by atoms with Crippen molar-refractivity contribution >= 4 is 10.9 Å². The van der Waals surface area contributed by atoms with Crippen LogP contribution in [0.5, 0.6) is 11.5 Å². The number of aromatic hydroxyl groups is 1.